The number of hydrogen-bond acceptors (Lipinski definition) is 3. The predicted molar refractivity (Wildman–Crippen MR) is 83.9 cm³/mol. The molecule has 20 heavy (non-hydrogen) atoms. The van der Waals surface area contributed by atoms with E-state index in [9.17, 15) is 0 Å². The van der Waals surface area contributed by atoms with Crippen molar-refractivity contribution < 1.29 is 0 Å². The Morgan fingerprint density at radius 3 is 1.45 bits per heavy atom. The maximum atomic E-state index is 6.01. The second kappa shape index (κ2) is 5.05. The molecule has 0 radical (unpaired) electrons. The molecule has 1 heterocycles. The third-order valence-electron chi connectivity index (χ3n) is 3.22. The molecular formula is C17H15N3. The van der Waals surface area contributed by atoms with Crippen LogP contribution in [0, 0.1) is 0 Å². The molecule has 0 atom stereocenters. The number of para-hydroxylation sites is 2. The van der Waals surface area contributed by atoms with Crippen molar-refractivity contribution >= 4 is 11.4 Å². The highest BCUT2D eigenvalue weighted by Gasteiger charge is 2.07. The van der Waals surface area contributed by atoms with E-state index in [1.807, 2.05) is 66.7 Å². The Balaban J connectivity index is 2.12. The summed E-state index contributed by atoms with van der Waals surface area (Å²) >= 11 is 0. The summed E-state index contributed by atoms with van der Waals surface area (Å²) in [5.74, 6) is 0. The monoisotopic (exact) mass is 261 g/mol. The molecule has 0 aliphatic carbocycles. The first kappa shape index (κ1) is 12.2. The summed E-state index contributed by atoms with van der Waals surface area (Å²) in [6, 6.07) is 21.3. The van der Waals surface area contributed by atoms with Gasteiger partial charge in [0.1, 0.15) is 0 Å². The zero-order chi connectivity index (χ0) is 13.9. The van der Waals surface area contributed by atoms with Gasteiger partial charge in [-0.25, -0.2) is 4.98 Å². The number of nitrogens with two attached hydrogens (primary N) is 2. The Morgan fingerprint density at radius 1 is 0.550 bits per heavy atom. The largest absolute Gasteiger partial charge is 0.398 e. The quantitative estimate of drug-likeness (QED) is 0.693. The summed E-state index contributed by atoms with van der Waals surface area (Å²) in [5, 5.41) is 0. The summed E-state index contributed by atoms with van der Waals surface area (Å²) in [6.07, 6.45) is 0. The molecule has 0 saturated heterocycles. The normalized spacial score (nSPS) is 10.4. The van der Waals surface area contributed by atoms with Gasteiger partial charge in [-0.1, -0.05) is 42.5 Å². The molecule has 3 aromatic rings. The van der Waals surface area contributed by atoms with Crippen molar-refractivity contribution in [2.24, 2.45) is 0 Å². The van der Waals surface area contributed by atoms with Gasteiger partial charge in [0, 0.05) is 22.5 Å². The van der Waals surface area contributed by atoms with Gasteiger partial charge in [-0.05, 0) is 24.3 Å². The first-order valence-corrected chi connectivity index (χ1v) is 6.42. The molecule has 4 N–H and O–H groups in total. The van der Waals surface area contributed by atoms with Crippen LogP contribution < -0.4 is 11.5 Å². The Kier molecular flexibility index (Phi) is 3.09. The molecule has 3 rings (SSSR count). The summed E-state index contributed by atoms with van der Waals surface area (Å²) in [4.78, 5) is 4.67. The van der Waals surface area contributed by atoms with E-state index in [2.05, 4.69) is 4.98 Å². The fraction of sp³-hybridized carbons (Fsp3) is 0. The molecule has 1 aromatic heterocycles. The van der Waals surface area contributed by atoms with Gasteiger partial charge in [-0.3, -0.25) is 0 Å². The van der Waals surface area contributed by atoms with Crippen molar-refractivity contribution in [3.8, 4) is 22.5 Å². The van der Waals surface area contributed by atoms with Gasteiger partial charge >= 0.3 is 0 Å². The highest BCUT2D eigenvalue weighted by molar-refractivity contribution is 5.78. The highest BCUT2D eigenvalue weighted by Crippen LogP contribution is 2.28. The Morgan fingerprint density at radius 2 is 1.00 bits per heavy atom. The topological polar surface area (TPSA) is 64.9 Å². The fourth-order valence-corrected chi connectivity index (χ4v) is 2.20. The van der Waals surface area contributed by atoms with E-state index in [1.54, 1.807) is 0 Å². The summed E-state index contributed by atoms with van der Waals surface area (Å²) < 4.78 is 0. The highest BCUT2D eigenvalue weighted by atomic mass is 14.7. The molecule has 0 unspecified atom stereocenters. The molecule has 0 saturated carbocycles. The number of anilines is 2. The Bertz CT molecular complexity index is 690. The van der Waals surface area contributed by atoms with Crippen molar-refractivity contribution in [3.05, 3.63) is 66.7 Å². The van der Waals surface area contributed by atoms with Crippen LogP contribution >= 0.6 is 0 Å². The average molecular weight is 261 g/mol. The number of benzene rings is 2. The molecule has 0 amide bonds. The van der Waals surface area contributed by atoms with E-state index >= 15 is 0 Å². The molecule has 0 bridgehead atoms. The van der Waals surface area contributed by atoms with E-state index in [0.717, 1.165) is 33.9 Å². The second-order valence-corrected chi connectivity index (χ2v) is 4.58. The van der Waals surface area contributed by atoms with Crippen LogP contribution in [0.25, 0.3) is 22.5 Å². The van der Waals surface area contributed by atoms with Crippen LogP contribution in [-0.2, 0) is 0 Å². The molecule has 3 heteroatoms. The van der Waals surface area contributed by atoms with Crippen LogP contribution in [0.3, 0.4) is 0 Å². The first-order valence-electron chi connectivity index (χ1n) is 6.42. The van der Waals surface area contributed by atoms with Gasteiger partial charge in [-0.15, -0.1) is 0 Å². The summed E-state index contributed by atoms with van der Waals surface area (Å²) in [6.45, 7) is 0. The van der Waals surface area contributed by atoms with Gasteiger partial charge in [0.15, 0.2) is 0 Å². The maximum absolute atomic E-state index is 6.01. The van der Waals surface area contributed by atoms with Crippen LogP contribution in [0.15, 0.2) is 66.7 Å². The SMILES string of the molecule is Nc1ccccc1-c1cccc(-c2ccccc2N)n1. The second-order valence-electron chi connectivity index (χ2n) is 4.58. The summed E-state index contributed by atoms with van der Waals surface area (Å²) in [5.41, 5.74) is 17.0. The fourth-order valence-electron chi connectivity index (χ4n) is 2.20. The maximum Gasteiger partial charge on any atom is 0.0730 e. The van der Waals surface area contributed by atoms with E-state index in [4.69, 9.17) is 11.5 Å². The number of aromatic nitrogens is 1. The van der Waals surface area contributed by atoms with Crippen LogP contribution in [0.5, 0.6) is 0 Å². The lowest BCUT2D eigenvalue weighted by Gasteiger charge is -2.08. The van der Waals surface area contributed by atoms with Crippen molar-refractivity contribution in [1.29, 1.82) is 0 Å². The number of pyridine rings is 1. The molecule has 2 aromatic carbocycles. The first-order chi connectivity index (χ1) is 9.75. The zero-order valence-corrected chi connectivity index (χ0v) is 11.0. The van der Waals surface area contributed by atoms with E-state index in [1.165, 1.54) is 0 Å². The Labute approximate surface area is 117 Å². The van der Waals surface area contributed by atoms with Crippen LogP contribution in [0.2, 0.25) is 0 Å². The molecule has 0 fully saturated rings. The van der Waals surface area contributed by atoms with Gasteiger partial charge in [0.25, 0.3) is 0 Å². The van der Waals surface area contributed by atoms with Crippen LogP contribution in [0.4, 0.5) is 11.4 Å². The van der Waals surface area contributed by atoms with Crippen molar-refractivity contribution in [2.75, 3.05) is 11.5 Å². The Hall–Kier alpha value is -2.81. The molecule has 98 valence electrons. The lowest BCUT2D eigenvalue weighted by molar-refractivity contribution is 1.32. The minimum absolute atomic E-state index is 0.721. The van der Waals surface area contributed by atoms with Crippen molar-refractivity contribution in [2.45, 2.75) is 0 Å². The number of hydrogen-bond donors (Lipinski definition) is 2. The lowest BCUT2D eigenvalue weighted by atomic mass is 10.1. The minimum Gasteiger partial charge on any atom is -0.398 e. The lowest BCUT2D eigenvalue weighted by Crippen LogP contribution is -1.95. The zero-order valence-electron chi connectivity index (χ0n) is 11.0. The molecular weight excluding hydrogens is 246 g/mol. The van der Waals surface area contributed by atoms with E-state index < -0.39 is 0 Å². The molecule has 0 aliphatic heterocycles. The van der Waals surface area contributed by atoms with Gasteiger partial charge in [0.05, 0.1) is 11.4 Å². The van der Waals surface area contributed by atoms with Crippen LogP contribution in [0.1, 0.15) is 0 Å². The number of nitrogen functional groups attached to an aromatic ring is 2. The molecule has 0 aliphatic rings. The molecule has 0 spiro atoms. The smallest absolute Gasteiger partial charge is 0.0730 e. The van der Waals surface area contributed by atoms with Crippen molar-refractivity contribution in [1.82, 2.24) is 4.98 Å². The third-order valence-corrected chi connectivity index (χ3v) is 3.22. The molecule has 3 nitrogen and oxygen atoms in total. The minimum atomic E-state index is 0.721. The number of nitrogens with zero attached hydrogens (tertiary/aromatic N) is 1. The van der Waals surface area contributed by atoms with E-state index in [-0.39, 0.29) is 0 Å². The standard InChI is InChI=1S/C17H15N3/c18-14-8-3-1-6-12(14)16-10-5-11-17(20-16)13-7-2-4-9-15(13)19/h1-11H,18-19H2. The van der Waals surface area contributed by atoms with Gasteiger partial charge in [-0.2, -0.15) is 0 Å². The summed E-state index contributed by atoms with van der Waals surface area (Å²) in [7, 11) is 0. The van der Waals surface area contributed by atoms with Crippen molar-refractivity contribution in [3.63, 3.8) is 0 Å². The number of rotatable bonds is 2. The van der Waals surface area contributed by atoms with Crippen LogP contribution in [-0.4, -0.2) is 4.98 Å². The van der Waals surface area contributed by atoms with E-state index in [0.29, 0.717) is 0 Å². The third kappa shape index (κ3) is 2.21. The average Bonchev–Trinajstić information content (AvgIpc) is 2.48. The van der Waals surface area contributed by atoms with Gasteiger partial charge < -0.3 is 11.5 Å². The van der Waals surface area contributed by atoms with Gasteiger partial charge in [0.2, 0.25) is 0 Å². The predicted octanol–water partition coefficient (Wildman–Crippen LogP) is 3.58.